The van der Waals surface area contributed by atoms with E-state index in [1.807, 2.05) is 28.9 Å². The molecule has 0 bridgehead atoms. The summed E-state index contributed by atoms with van der Waals surface area (Å²) in [6.07, 6.45) is 1.91. The second-order valence-corrected chi connectivity index (χ2v) is 22.1. The lowest BCUT2D eigenvalue weighted by Gasteiger charge is -2.28. The third kappa shape index (κ3) is 6.81. The highest BCUT2D eigenvalue weighted by atomic mass is 32.2. The van der Waals surface area contributed by atoms with Crippen molar-refractivity contribution in [2.24, 2.45) is 0 Å². The average molecular weight is 846 g/mol. The summed E-state index contributed by atoms with van der Waals surface area (Å²) in [5.41, 5.74) is 13.1. The van der Waals surface area contributed by atoms with Crippen molar-refractivity contribution in [1.29, 1.82) is 0 Å². The molecule has 0 aliphatic carbocycles. The van der Waals surface area contributed by atoms with Crippen molar-refractivity contribution in [1.82, 2.24) is 14.5 Å². The number of nitrogens with zero attached hydrogens (tertiary/aromatic N) is 3. The third-order valence-electron chi connectivity index (χ3n) is 12.3. The number of phenolic OH excluding ortho intramolecular Hbond substituents is 1. The third-order valence-corrected chi connectivity index (χ3v) is 14.7. The first-order valence-electron chi connectivity index (χ1n) is 21.5. The molecular weight excluding hydrogens is 795 g/mol. The molecule has 0 saturated carbocycles. The van der Waals surface area contributed by atoms with E-state index in [9.17, 15) is 5.11 Å². The summed E-state index contributed by atoms with van der Waals surface area (Å²) in [5.74, 6) is 1.00. The van der Waals surface area contributed by atoms with Crippen LogP contribution in [-0.2, 0) is 16.2 Å². The smallest absolute Gasteiger partial charge is 0.149 e. The van der Waals surface area contributed by atoms with E-state index in [-0.39, 0.29) is 22.0 Å². The molecule has 0 fully saturated rings. The van der Waals surface area contributed by atoms with Crippen molar-refractivity contribution in [2.45, 2.75) is 78.6 Å². The predicted molar refractivity (Wildman–Crippen MR) is 267 cm³/mol. The molecule has 1 N–H and O–H groups in total. The number of benzene rings is 6. The second kappa shape index (κ2) is 14.5. The zero-order valence-electron chi connectivity index (χ0n) is 36.9. The maximum absolute atomic E-state index is 12.5. The Bertz CT molecular complexity index is 3350. The van der Waals surface area contributed by atoms with Crippen LogP contribution in [0.3, 0.4) is 0 Å². The molecule has 0 aliphatic heterocycles. The van der Waals surface area contributed by atoms with Gasteiger partial charge in [-0.15, -0.1) is 22.7 Å². The monoisotopic (exact) mass is 845 g/mol. The number of pyridine rings is 1. The van der Waals surface area contributed by atoms with E-state index in [2.05, 4.69) is 200 Å². The van der Waals surface area contributed by atoms with E-state index in [1.165, 1.54) is 35.3 Å². The molecule has 6 heteroatoms. The van der Waals surface area contributed by atoms with Crippen LogP contribution >= 0.6 is 22.7 Å². The minimum atomic E-state index is -0.309. The van der Waals surface area contributed by atoms with Crippen LogP contribution in [0, 0.1) is 0 Å². The second-order valence-electron chi connectivity index (χ2n) is 19.7. The number of rotatable bonds is 5. The average Bonchev–Trinajstić information content (AvgIpc) is 3.92. The van der Waals surface area contributed by atoms with Gasteiger partial charge in [0.15, 0.2) is 0 Å². The lowest BCUT2D eigenvalue weighted by atomic mass is 9.79. The van der Waals surface area contributed by atoms with Gasteiger partial charge in [0.25, 0.3) is 0 Å². The molecule has 4 aromatic heterocycles. The number of aromatic nitrogens is 3. The fraction of sp³-hybridized carbons (Fsp3) is 0.214. The minimum Gasteiger partial charge on any atom is -0.507 e. The van der Waals surface area contributed by atoms with E-state index in [0.29, 0.717) is 0 Å². The fourth-order valence-electron chi connectivity index (χ4n) is 8.77. The highest BCUT2D eigenvalue weighted by Gasteiger charge is 2.30. The zero-order valence-corrected chi connectivity index (χ0v) is 38.5. The maximum Gasteiger partial charge on any atom is 0.149 e. The van der Waals surface area contributed by atoms with Gasteiger partial charge in [-0.3, -0.25) is 9.55 Å². The van der Waals surface area contributed by atoms with E-state index in [4.69, 9.17) is 9.97 Å². The summed E-state index contributed by atoms with van der Waals surface area (Å²) in [6.45, 7) is 20.1. The number of hydrogen-bond acceptors (Lipinski definition) is 5. The van der Waals surface area contributed by atoms with E-state index >= 15 is 0 Å². The van der Waals surface area contributed by atoms with Crippen LogP contribution in [0.15, 0.2) is 140 Å². The molecule has 0 amide bonds. The van der Waals surface area contributed by atoms with E-state index < -0.39 is 0 Å². The van der Waals surface area contributed by atoms with Crippen molar-refractivity contribution >= 4 is 63.3 Å². The van der Waals surface area contributed by atoms with Crippen LogP contribution in [-0.4, -0.2) is 19.6 Å². The van der Waals surface area contributed by atoms with Gasteiger partial charge in [0.1, 0.15) is 11.6 Å². The molecule has 4 nitrogen and oxygen atoms in total. The first kappa shape index (κ1) is 40.0. The maximum atomic E-state index is 12.5. The number of fused-ring (bicyclic) bond motifs is 7. The van der Waals surface area contributed by atoms with Gasteiger partial charge in [-0.25, -0.2) is 4.98 Å². The van der Waals surface area contributed by atoms with Gasteiger partial charge in [0.05, 0.1) is 32.0 Å². The van der Waals surface area contributed by atoms with Crippen molar-refractivity contribution in [2.75, 3.05) is 0 Å². The van der Waals surface area contributed by atoms with Gasteiger partial charge in [0, 0.05) is 48.4 Å². The summed E-state index contributed by atoms with van der Waals surface area (Å²) in [4.78, 5) is 10.6. The summed E-state index contributed by atoms with van der Waals surface area (Å²) < 4.78 is 6.02. The molecule has 10 aromatic rings. The topological polar surface area (TPSA) is 50.9 Å². The van der Waals surface area contributed by atoms with Gasteiger partial charge in [0.2, 0.25) is 0 Å². The first-order chi connectivity index (χ1) is 29.5. The van der Waals surface area contributed by atoms with Gasteiger partial charge in [-0.1, -0.05) is 141 Å². The largest absolute Gasteiger partial charge is 0.507 e. The highest BCUT2D eigenvalue weighted by Crippen LogP contribution is 2.50. The number of imidazole rings is 1. The van der Waals surface area contributed by atoms with Gasteiger partial charge in [-0.05, 0) is 98.7 Å². The summed E-state index contributed by atoms with van der Waals surface area (Å²) >= 11 is 3.68. The van der Waals surface area contributed by atoms with Gasteiger partial charge in [-0.2, -0.15) is 0 Å². The summed E-state index contributed by atoms with van der Waals surface area (Å²) in [5, 5.41) is 16.1. The molecule has 0 atom stereocenters. The van der Waals surface area contributed by atoms with Crippen molar-refractivity contribution in [3.8, 4) is 56.3 Å². The molecule has 0 saturated heterocycles. The summed E-state index contributed by atoms with van der Waals surface area (Å²) in [7, 11) is 0. The Labute approximate surface area is 372 Å². The molecular formula is C56H51N3OS2. The Hall–Kier alpha value is -6.08. The molecule has 0 radical (unpaired) electrons. The normalized spacial score (nSPS) is 12.7. The van der Waals surface area contributed by atoms with Crippen LogP contribution in [0.25, 0.3) is 91.2 Å². The standard InChI is InChI=1S/C56H51N3OS2/c1-54(2,3)37-21-22-44(39(30-37)34-18-14-11-15-19-34)59-45-23-25-47-49(50(45)58-52(59)41-31-38(55(4,5)6)32-42(51(41)60)56(7,8)9)48-40-28-36(20-24-46(40)61-53(48)62-47)43-29-35(26-27-57-43)33-16-12-10-13-17-33/h10-32,60H,1-9H3. The van der Waals surface area contributed by atoms with Crippen LogP contribution in [0.2, 0.25) is 0 Å². The SMILES string of the molecule is CC(C)(C)c1ccc(-n2c(-c3cc(C(C)(C)C)cc(C(C)(C)C)c3O)nc3c4c(ccc32)sc2sc3ccc(-c5cc(-c6ccccc6)ccn5)cc3c24)c(-c2ccccc2)c1. The lowest BCUT2D eigenvalue weighted by molar-refractivity contribution is 0.446. The van der Waals surface area contributed by atoms with Gasteiger partial charge >= 0.3 is 0 Å². The van der Waals surface area contributed by atoms with E-state index in [0.717, 1.165) is 72.6 Å². The number of aromatic hydroxyl groups is 1. The lowest BCUT2D eigenvalue weighted by Crippen LogP contribution is -2.17. The quantitative estimate of drug-likeness (QED) is 0.188. The molecule has 4 heterocycles. The first-order valence-corrected chi connectivity index (χ1v) is 23.1. The summed E-state index contributed by atoms with van der Waals surface area (Å²) in [6, 6.07) is 48.0. The Morgan fingerprint density at radius 1 is 0.532 bits per heavy atom. The molecule has 62 heavy (non-hydrogen) atoms. The molecule has 10 rings (SSSR count). The molecule has 0 unspecified atom stereocenters. The van der Waals surface area contributed by atoms with Crippen molar-refractivity contribution in [3.05, 3.63) is 156 Å². The Morgan fingerprint density at radius 3 is 1.89 bits per heavy atom. The minimum absolute atomic E-state index is 0.0610. The Morgan fingerprint density at radius 2 is 1.19 bits per heavy atom. The predicted octanol–water partition coefficient (Wildman–Crippen LogP) is 16.3. The van der Waals surface area contributed by atoms with Crippen molar-refractivity contribution in [3.63, 3.8) is 0 Å². The number of phenols is 1. The number of thiophene rings is 2. The van der Waals surface area contributed by atoms with Crippen LogP contribution in [0.5, 0.6) is 5.75 Å². The molecule has 0 spiro atoms. The number of hydrogen-bond donors (Lipinski definition) is 1. The van der Waals surface area contributed by atoms with Gasteiger partial charge < -0.3 is 5.11 Å². The molecule has 308 valence electrons. The van der Waals surface area contributed by atoms with Crippen LogP contribution in [0.4, 0.5) is 0 Å². The zero-order chi connectivity index (χ0) is 43.3. The van der Waals surface area contributed by atoms with Crippen molar-refractivity contribution < 1.29 is 5.11 Å². The van der Waals surface area contributed by atoms with Crippen LogP contribution < -0.4 is 0 Å². The molecule has 6 aromatic carbocycles. The Kier molecular flexibility index (Phi) is 9.36. The van der Waals surface area contributed by atoms with Crippen LogP contribution in [0.1, 0.15) is 79.0 Å². The Balaban J connectivity index is 1.30. The van der Waals surface area contributed by atoms with E-state index in [1.54, 1.807) is 0 Å². The molecule has 0 aliphatic rings. The highest BCUT2D eigenvalue weighted by molar-refractivity contribution is 7.44. The fourth-order valence-corrected chi connectivity index (χ4v) is 11.4.